The first-order valence-corrected chi connectivity index (χ1v) is 11.0. The molecule has 1 heterocycles. The van der Waals surface area contributed by atoms with E-state index in [1.54, 1.807) is 0 Å². The van der Waals surface area contributed by atoms with Gasteiger partial charge in [-0.15, -0.1) is 0 Å². The standard InChI is InChI=1S/C25H30N4O2/c1-17(20-9-4-3-5-10-20)25(30)27-23(15-24-26-18(2)28-29-24)21-11-13-22(14-12-21)31-16-19-7-6-8-19/h3-5,9-14,17,19,23H,6-8,15-16H2,1-2H3,(H,27,30)(H,26,28,29)/t17-,23-/m0/s1. The number of rotatable bonds is 9. The summed E-state index contributed by atoms with van der Waals surface area (Å²) in [6, 6.07) is 17.6. The first-order chi connectivity index (χ1) is 15.1. The highest BCUT2D eigenvalue weighted by Gasteiger charge is 2.22. The Bertz CT molecular complexity index is 980. The highest BCUT2D eigenvalue weighted by atomic mass is 16.5. The third-order valence-corrected chi connectivity index (χ3v) is 6.03. The molecule has 6 heteroatoms. The van der Waals surface area contributed by atoms with E-state index in [9.17, 15) is 4.79 Å². The topological polar surface area (TPSA) is 79.9 Å². The molecule has 0 spiro atoms. The van der Waals surface area contributed by atoms with Gasteiger partial charge in [0.2, 0.25) is 5.91 Å². The molecule has 0 aliphatic heterocycles. The van der Waals surface area contributed by atoms with Crippen molar-refractivity contribution in [2.24, 2.45) is 5.92 Å². The van der Waals surface area contributed by atoms with Gasteiger partial charge in [-0.3, -0.25) is 9.89 Å². The molecule has 2 aromatic carbocycles. The number of hydrogen-bond acceptors (Lipinski definition) is 4. The van der Waals surface area contributed by atoms with Crippen LogP contribution >= 0.6 is 0 Å². The van der Waals surface area contributed by atoms with Crippen molar-refractivity contribution in [2.75, 3.05) is 6.61 Å². The van der Waals surface area contributed by atoms with E-state index < -0.39 is 0 Å². The van der Waals surface area contributed by atoms with Crippen molar-refractivity contribution < 1.29 is 9.53 Å². The van der Waals surface area contributed by atoms with E-state index in [2.05, 4.69) is 20.5 Å². The average molecular weight is 419 g/mol. The van der Waals surface area contributed by atoms with Gasteiger partial charge in [0.15, 0.2) is 5.82 Å². The number of nitrogens with one attached hydrogen (secondary N) is 2. The van der Waals surface area contributed by atoms with Crippen LogP contribution in [0.25, 0.3) is 0 Å². The van der Waals surface area contributed by atoms with Gasteiger partial charge in [0.1, 0.15) is 11.6 Å². The lowest BCUT2D eigenvalue weighted by atomic mass is 9.86. The number of H-pyrrole nitrogens is 1. The molecule has 3 aromatic rings. The number of aromatic amines is 1. The van der Waals surface area contributed by atoms with Crippen LogP contribution in [0.2, 0.25) is 0 Å². The molecule has 0 saturated heterocycles. The van der Waals surface area contributed by atoms with E-state index in [1.807, 2.05) is 68.4 Å². The van der Waals surface area contributed by atoms with Crippen LogP contribution in [0.3, 0.4) is 0 Å². The zero-order valence-corrected chi connectivity index (χ0v) is 18.2. The minimum Gasteiger partial charge on any atom is -0.493 e. The summed E-state index contributed by atoms with van der Waals surface area (Å²) in [5.41, 5.74) is 2.00. The Morgan fingerprint density at radius 2 is 1.87 bits per heavy atom. The molecule has 0 bridgehead atoms. The van der Waals surface area contributed by atoms with Crippen LogP contribution in [0.4, 0.5) is 0 Å². The average Bonchev–Trinajstić information content (AvgIpc) is 3.17. The number of carbonyl (C=O) groups is 1. The second kappa shape index (κ2) is 9.77. The fraction of sp³-hybridized carbons (Fsp3) is 0.400. The minimum absolute atomic E-state index is 0.0197. The molecular formula is C25H30N4O2. The number of benzene rings is 2. The van der Waals surface area contributed by atoms with Crippen molar-refractivity contribution in [1.82, 2.24) is 20.5 Å². The Labute approximate surface area is 183 Å². The fourth-order valence-electron chi connectivity index (χ4n) is 3.77. The molecule has 1 aliphatic rings. The second-order valence-electron chi connectivity index (χ2n) is 8.41. The predicted molar refractivity (Wildman–Crippen MR) is 120 cm³/mol. The maximum atomic E-state index is 13.0. The number of amides is 1. The van der Waals surface area contributed by atoms with E-state index in [4.69, 9.17) is 4.74 Å². The molecule has 0 unspecified atom stereocenters. The van der Waals surface area contributed by atoms with Crippen molar-refractivity contribution >= 4 is 5.91 Å². The van der Waals surface area contributed by atoms with Gasteiger partial charge in [-0.05, 0) is 55.9 Å². The summed E-state index contributed by atoms with van der Waals surface area (Å²) in [4.78, 5) is 17.4. The molecule has 0 radical (unpaired) electrons. The van der Waals surface area contributed by atoms with Gasteiger partial charge in [-0.1, -0.05) is 48.9 Å². The molecule has 4 rings (SSSR count). The smallest absolute Gasteiger partial charge is 0.227 e. The van der Waals surface area contributed by atoms with Gasteiger partial charge >= 0.3 is 0 Å². The lowest BCUT2D eigenvalue weighted by Gasteiger charge is -2.25. The number of ether oxygens (including phenoxy) is 1. The zero-order chi connectivity index (χ0) is 21.6. The molecule has 1 aliphatic carbocycles. The van der Waals surface area contributed by atoms with E-state index in [0.29, 0.717) is 18.2 Å². The van der Waals surface area contributed by atoms with Gasteiger partial charge in [0.25, 0.3) is 0 Å². The first kappa shape index (κ1) is 21.1. The van der Waals surface area contributed by atoms with Crippen LogP contribution < -0.4 is 10.1 Å². The highest BCUT2D eigenvalue weighted by molar-refractivity contribution is 5.83. The molecule has 6 nitrogen and oxygen atoms in total. The molecule has 1 saturated carbocycles. The van der Waals surface area contributed by atoms with Crippen LogP contribution in [0.5, 0.6) is 5.75 Å². The normalized spacial score (nSPS) is 15.7. The quantitative estimate of drug-likeness (QED) is 0.536. The van der Waals surface area contributed by atoms with Gasteiger partial charge in [0, 0.05) is 6.42 Å². The number of carbonyl (C=O) groups excluding carboxylic acids is 1. The van der Waals surface area contributed by atoms with Crippen molar-refractivity contribution in [3.8, 4) is 5.75 Å². The molecule has 2 atom stereocenters. The van der Waals surface area contributed by atoms with E-state index in [1.165, 1.54) is 19.3 Å². The molecule has 162 valence electrons. The van der Waals surface area contributed by atoms with Crippen LogP contribution in [-0.4, -0.2) is 27.7 Å². The largest absolute Gasteiger partial charge is 0.493 e. The summed E-state index contributed by atoms with van der Waals surface area (Å²) in [5, 5.41) is 10.3. The van der Waals surface area contributed by atoms with Gasteiger partial charge in [0.05, 0.1) is 18.6 Å². The predicted octanol–water partition coefficient (Wildman–Crippen LogP) is 4.50. The van der Waals surface area contributed by atoms with Gasteiger partial charge in [-0.25, -0.2) is 4.98 Å². The lowest BCUT2D eigenvalue weighted by molar-refractivity contribution is -0.123. The van der Waals surface area contributed by atoms with Gasteiger partial charge in [-0.2, -0.15) is 5.10 Å². The molecule has 1 fully saturated rings. The summed E-state index contributed by atoms with van der Waals surface area (Å²) < 4.78 is 5.93. The number of nitrogens with zero attached hydrogens (tertiary/aromatic N) is 2. The molecular weight excluding hydrogens is 388 g/mol. The van der Waals surface area contributed by atoms with Crippen molar-refractivity contribution in [2.45, 2.75) is 51.5 Å². The lowest BCUT2D eigenvalue weighted by Crippen LogP contribution is -2.33. The van der Waals surface area contributed by atoms with Crippen molar-refractivity contribution in [3.63, 3.8) is 0 Å². The Morgan fingerprint density at radius 3 is 2.48 bits per heavy atom. The van der Waals surface area contributed by atoms with E-state index >= 15 is 0 Å². The third kappa shape index (κ3) is 5.51. The third-order valence-electron chi connectivity index (χ3n) is 6.03. The highest BCUT2D eigenvalue weighted by Crippen LogP contribution is 2.28. The first-order valence-electron chi connectivity index (χ1n) is 11.0. The van der Waals surface area contributed by atoms with E-state index in [-0.39, 0.29) is 17.9 Å². The zero-order valence-electron chi connectivity index (χ0n) is 18.2. The molecule has 2 N–H and O–H groups in total. The molecule has 1 aromatic heterocycles. The SMILES string of the molecule is Cc1nc(C[C@H](NC(=O)[C@@H](C)c2ccccc2)c2ccc(OCC3CCC3)cc2)n[nH]1. The van der Waals surface area contributed by atoms with Crippen LogP contribution in [0, 0.1) is 12.8 Å². The number of aromatic nitrogens is 3. The van der Waals surface area contributed by atoms with Gasteiger partial charge < -0.3 is 10.1 Å². The fourth-order valence-corrected chi connectivity index (χ4v) is 3.77. The molecule has 1 amide bonds. The Kier molecular flexibility index (Phi) is 6.65. The maximum Gasteiger partial charge on any atom is 0.227 e. The Balaban J connectivity index is 1.47. The molecule has 31 heavy (non-hydrogen) atoms. The summed E-state index contributed by atoms with van der Waals surface area (Å²) in [7, 11) is 0. The summed E-state index contributed by atoms with van der Waals surface area (Å²) >= 11 is 0. The summed E-state index contributed by atoms with van der Waals surface area (Å²) in [6.45, 7) is 4.58. The van der Waals surface area contributed by atoms with Crippen LogP contribution in [0.1, 0.15) is 60.9 Å². The monoisotopic (exact) mass is 418 g/mol. The van der Waals surface area contributed by atoms with Crippen molar-refractivity contribution in [1.29, 1.82) is 0 Å². The maximum absolute atomic E-state index is 13.0. The minimum atomic E-state index is -0.248. The van der Waals surface area contributed by atoms with Crippen LogP contribution in [-0.2, 0) is 11.2 Å². The van der Waals surface area contributed by atoms with Crippen LogP contribution in [0.15, 0.2) is 54.6 Å². The van der Waals surface area contributed by atoms with Crippen molar-refractivity contribution in [3.05, 3.63) is 77.4 Å². The summed E-state index contributed by atoms with van der Waals surface area (Å²) in [5.74, 6) is 2.74. The number of hydrogen-bond donors (Lipinski definition) is 2. The Hall–Kier alpha value is -3.15. The second-order valence-corrected chi connectivity index (χ2v) is 8.41. The summed E-state index contributed by atoms with van der Waals surface area (Å²) in [6.07, 6.45) is 4.36. The van der Waals surface area contributed by atoms with E-state index in [0.717, 1.165) is 29.3 Å². The number of aryl methyl sites for hydroxylation is 1. The Morgan fingerprint density at radius 1 is 1.13 bits per heavy atom.